The number of nitrogens with one attached hydrogen (secondary N) is 1. The molecule has 1 aliphatic heterocycles. The van der Waals surface area contributed by atoms with Gasteiger partial charge in [0.05, 0.1) is 19.0 Å². The fourth-order valence-electron chi connectivity index (χ4n) is 3.21. The number of benzene rings is 2. The smallest absolute Gasteiger partial charge is 0.247 e. The highest BCUT2D eigenvalue weighted by atomic mass is 16.5. The Morgan fingerprint density at radius 2 is 1.96 bits per heavy atom. The highest BCUT2D eigenvalue weighted by Crippen LogP contribution is 2.28. The summed E-state index contributed by atoms with van der Waals surface area (Å²) in [5.74, 6) is 2.05. The first-order chi connectivity index (χ1) is 12.7. The molecule has 0 amide bonds. The molecule has 1 N–H and O–H groups in total. The molecule has 0 bridgehead atoms. The minimum Gasteiger partial charge on any atom is -0.495 e. The lowest BCUT2D eigenvalue weighted by Gasteiger charge is -2.28. The third-order valence-electron chi connectivity index (χ3n) is 4.58. The number of hydrogen-bond donors (Lipinski definition) is 1. The number of hydrogen-bond acceptors (Lipinski definition) is 6. The molecule has 0 fully saturated rings. The monoisotopic (exact) mass is 347 g/mol. The second kappa shape index (κ2) is 7.00. The van der Waals surface area contributed by atoms with E-state index in [0.717, 1.165) is 36.5 Å². The van der Waals surface area contributed by atoms with Crippen LogP contribution in [0.3, 0.4) is 0 Å². The quantitative estimate of drug-likeness (QED) is 0.779. The van der Waals surface area contributed by atoms with Crippen molar-refractivity contribution in [2.45, 2.75) is 19.9 Å². The number of aryl methyl sites for hydroxylation is 1. The summed E-state index contributed by atoms with van der Waals surface area (Å²) in [5.41, 5.74) is 4.72. The number of ether oxygens (including phenoxy) is 1. The van der Waals surface area contributed by atoms with Crippen LogP contribution < -0.4 is 15.0 Å². The second-order valence-corrected chi connectivity index (χ2v) is 6.41. The van der Waals surface area contributed by atoms with Crippen molar-refractivity contribution in [1.29, 1.82) is 0 Å². The molecule has 0 aliphatic carbocycles. The third kappa shape index (κ3) is 3.31. The zero-order valence-electron chi connectivity index (χ0n) is 14.9. The number of fused-ring (bicyclic) bond motifs is 1. The van der Waals surface area contributed by atoms with Crippen LogP contribution in [0.25, 0.3) is 0 Å². The maximum atomic E-state index is 5.42. The summed E-state index contributed by atoms with van der Waals surface area (Å²) in [4.78, 5) is 6.82. The summed E-state index contributed by atoms with van der Waals surface area (Å²) in [6, 6.07) is 14.5. The van der Waals surface area contributed by atoms with Gasteiger partial charge in [-0.15, -0.1) is 5.10 Å². The molecule has 0 atom stereocenters. The summed E-state index contributed by atoms with van der Waals surface area (Å²) >= 11 is 0. The highest BCUT2D eigenvalue weighted by molar-refractivity contribution is 5.65. The minimum atomic E-state index is 0.635. The van der Waals surface area contributed by atoms with Gasteiger partial charge in [0.2, 0.25) is 5.95 Å². The van der Waals surface area contributed by atoms with Crippen molar-refractivity contribution in [1.82, 2.24) is 15.2 Å². The molecule has 26 heavy (non-hydrogen) atoms. The fourth-order valence-corrected chi connectivity index (χ4v) is 3.21. The van der Waals surface area contributed by atoms with Crippen molar-refractivity contribution in [3.63, 3.8) is 0 Å². The molecule has 1 aromatic heterocycles. The average molecular weight is 347 g/mol. The van der Waals surface area contributed by atoms with E-state index in [9.17, 15) is 0 Å². The fraction of sp³-hybridized carbons (Fsp3) is 0.250. The lowest BCUT2D eigenvalue weighted by molar-refractivity contribution is 0.416. The lowest BCUT2D eigenvalue weighted by atomic mass is 10.0. The van der Waals surface area contributed by atoms with E-state index in [4.69, 9.17) is 4.74 Å². The van der Waals surface area contributed by atoms with Crippen LogP contribution >= 0.6 is 0 Å². The van der Waals surface area contributed by atoms with Gasteiger partial charge >= 0.3 is 0 Å². The second-order valence-electron chi connectivity index (χ2n) is 6.41. The van der Waals surface area contributed by atoms with Gasteiger partial charge < -0.3 is 15.0 Å². The number of nitrogens with zero attached hydrogens (tertiary/aromatic N) is 4. The SMILES string of the molecule is COc1ccc(C)cc1Nc1cnnc(N2CCc3ccccc3C2)n1. The molecule has 3 aromatic rings. The predicted molar refractivity (Wildman–Crippen MR) is 102 cm³/mol. The van der Waals surface area contributed by atoms with E-state index in [-0.39, 0.29) is 0 Å². The molecule has 0 unspecified atom stereocenters. The van der Waals surface area contributed by atoms with Gasteiger partial charge in [-0.05, 0) is 42.2 Å². The standard InChI is InChI=1S/C20H21N5O/c1-14-7-8-18(26-2)17(11-14)22-19-12-21-24-20(23-19)25-10-9-15-5-3-4-6-16(15)13-25/h3-8,11-12H,9-10,13H2,1-2H3,(H,22,23,24). The first kappa shape index (κ1) is 16.3. The molecule has 6 nitrogen and oxygen atoms in total. The van der Waals surface area contributed by atoms with E-state index >= 15 is 0 Å². The van der Waals surface area contributed by atoms with Crippen LogP contribution in [-0.2, 0) is 13.0 Å². The van der Waals surface area contributed by atoms with E-state index in [0.29, 0.717) is 11.8 Å². The third-order valence-corrected chi connectivity index (χ3v) is 4.58. The van der Waals surface area contributed by atoms with E-state index in [1.807, 2.05) is 25.1 Å². The Labute approximate surface area is 152 Å². The van der Waals surface area contributed by atoms with Crippen LogP contribution in [0.1, 0.15) is 16.7 Å². The molecule has 6 heteroatoms. The number of aromatic nitrogens is 3. The molecule has 4 rings (SSSR count). The zero-order chi connectivity index (χ0) is 17.9. The van der Waals surface area contributed by atoms with Gasteiger partial charge in [-0.1, -0.05) is 30.3 Å². The summed E-state index contributed by atoms with van der Waals surface area (Å²) in [6.45, 7) is 3.73. The van der Waals surface area contributed by atoms with E-state index in [1.165, 1.54) is 11.1 Å². The zero-order valence-corrected chi connectivity index (χ0v) is 14.9. The van der Waals surface area contributed by atoms with Crippen molar-refractivity contribution in [3.05, 3.63) is 65.4 Å². The minimum absolute atomic E-state index is 0.635. The van der Waals surface area contributed by atoms with E-state index in [1.54, 1.807) is 13.3 Å². The van der Waals surface area contributed by atoms with Crippen molar-refractivity contribution in [2.75, 3.05) is 23.9 Å². The Morgan fingerprint density at radius 3 is 2.81 bits per heavy atom. The predicted octanol–water partition coefficient (Wildman–Crippen LogP) is 3.49. The Bertz CT molecular complexity index is 928. The summed E-state index contributed by atoms with van der Waals surface area (Å²) in [7, 11) is 1.66. The maximum absolute atomic E-state index is 5.42. The van der Waals surface area contributed by atoms with Crippen LogP contribution in [0.5, 0.6) is 5.75 Å². The normalized spacial score (nSPS) is 13.2. The van der Waals surface area contributed by atoms with Crippen LogP contribution in [-0.4, -0.2) is 28.8 Å². The molecule has 1 aliphatic rings. The molecule has 0 radical (unpaired) electrons. The van der Waals surface area contributed by atoms with Crippen LogP contribution in [0, 0.1) is 6.92 Å². The van der Waals surface area contributed by atoms with E-state index in [2.05, 4.69) is 49.7 Å². The van der Waals surface area contributed by atoms with Crippen LogP contribution in [0.15, 0.2) is 48.7 Å². The van der Waals surface area contributed by atoms with Crippen LogP contribution in [0.4, 0.5) is 17.5 Å². The first-order valence-corrected chi connectivity index (χ1v) is 8.66. The topological polar surface area (TPSA) is 63.2 Å². The van der Waals surface area contributed by atoms with Gasteiger partial charge in [0.15, 0.2) is 5.82 Å². The average Bonchev–Trinajstić information content (AvgIpc) is 2.68. The Morgan fingerprint density at radius 1 is 1.12 bits per heavy atom. The van der Waals surface area contributed by atoms with Crippen molar-refractivity contribution in [2.24, 2.45) is 0 Å². The Kier molecular flexibility index (Phi) is 4.39. The van der Waals surface area contributed by atoms with Gasteiger partial charge in [-0.3, -0.25) is 0 Å². The van der Waals surface area contributed by atoms with E-state index < -0.39 is 0 Å². The number of anilines is 3. The largest absolute Gasteiger partial charge is 0.495 e. The Balaban J connectivity index is 1.57. The molecule has 0 saturated carbocycles. The van der Waals surface area contributed by atoms with Gasteiger partial charge in [-0.2, -0.15) is 10.1 Å². The molecule has 2 aromatic carbocycles. The molecular formula is C20H21N5O. The molecule has 0 saturated heterocycles. The number of rotatable bonds is 4. The summed E-state index contributed by atoms with van der Waals surface area (Å²) in [6.07, 6.45) is 2.62. The highest BCUT2D eigenvalue weighted by Gasteiger charge is 2.19. The molecule has 0 spiro atoms. The maximum Gasteiger partial charge on any atom is 0.247 e. The van der Waals surface area contributed by atoms with Gasteiger partial charge in [-0.25, -0.2) is 0 Å². The summed E-state index contributed by atoms with van der Waals surface area (Å²) < 4.78 is 5.42. The van der Waals surface area contributed by atoms with Gasteiger partial charge in [0, 0.05) is 13.1 Å². The first-order valence-electron chi connectivity index (χ1n) is 8.66. The van der Waals surface area contributed by atoms with Gasteiger partial charge in [0.25, 0.3) is 0 Å². The van der Waals surface area contributed by atoms with Crippen molar-refractivity contribution >= 4 is 17.5 Å². The Hall–Kier alpha value is -3.15. The van der Waals surface area contributed by atoms with Crippen molar-refractivity contribution < 1.29 is 4.74 Å². The lowest BCUT2D eigenvalue weighted by Crippen LogP contribution is -2.32. The summed E-state index contributed by atoms with van der Waals surface area (Å²) in [5, 5.41) is 11.7. The molecule has 132 valence electrons. The molecular weight excluding hydrogens is 326 g/mol. The van der Waals surface area contributed by atoms with Gasteiger partial charge in [0.1, 0.15) is 5.75 Å². The molecule has 2 heterocycles. The van der Waals surface area contributed by atoms with Crippen LogP contribution in [0.2, 0.25) is 0 Å². The van der Waals surface area contributed by atoms with Crippen molar-refractivity contribution in [3.8, 4) is 5.75 Å². The number of methoxy groups -OCH3 is 1.